The molecule has 1 aromatic carbocycles. The topological polar surface area (TPSA) is 123 Å². The summed E-state index contributed by atoms with van der Waals surface area (Å²) in [5.74, 6) is -0.505. The number of piperidine rings is 1. The van der Waals surface area contributed by atoms with Crippen molar-refractivity contribution in [3.05, 3.63) is 76.7 Å². The molecule has 1 aromatic heterocycles. The predicted molar refractivity (Wildman–Crippen MR) is 180 cm³/mol. The number of methoxy groups -OCH3 is 2. The number of imidazole rings is 1. The average molecular weight is 645 g/mol. The number of fused-ring (bicyclic) bond motifs is 2. The number of likely N-dealkylation sites (tertiary alicyclic amines) is 1. The first-order chi connectivity index (χ1) is 22.8. The molecule has 47 heavy (non-hydrogen) atoms. The summed E-state index contributed by atoms with van der Waals surface area (Å²) in [7, 11) is 2.81. The highest BCUT2D eigenvalue weighted by atomic mass is 16.5. The molecule has 1 saturated heterocycles. The van der Waals surface area contributed by atoms with E-state index in [0.717, 1.165) is 34.7 Å². The molecule has 11 nitrogen and oxygen atoms in total. The molecular weight excluding hydrogens is 596 g/mol. The fraction of sp³-hybridized carbons (Fsp3) is 0.500. The van der Waals surface area contributed by atoms with Crippen molar-refractivity contribution in [3.8, 4) is 0 Å². The molecule has 1 amide bonds. The van der Waals surface area contributed by atoms with E-state index < -0.39 is 0 Å². The van der Waals surface area contributed by atoms with Gasteiger partial charge in [-0.05, 0) is 63.4 Å². The van der Waals surface area contributed by atoms with E-state index in [9.17, 15) is 14.4 Å². The molecule has 1 aliphatic carbocycles. The van der Waals surface area contributed by atoms with Crippen LogP contribution in [0.2, 0.25) is 0 Å². The van der Waals surface area contributed by atoms with E-state index in [1.54, 1.807) is 0 Å². The highest BCUT2D eigenvalue weighted by Crippen LogP contribution is 2.24. The van der Waals surface area contributed by atoms with Gasteiger partial charge < -0.3 is 29.6 Å². The maximum absolute atomic E-state index is 13.8. The SMILES string of the molecule is COC(=O)Cc1ccc(CN(CCCn2cnc3c2=C2C=CC=CC2N(C(C)CCN)C=3)C(=O)CN2CCC(C(=O)OC)CC2)cc1. The van der Waals surface area contributed by atoms with E-state index in [4.69, 9.17) is 20.2 Å². The Kier molecular flexibility index (Phi) is 11.7. The van der Waals surface area contributed by atoms with Crippen LogP contribution in [-0.4, -0.2) is 101 Å². The number of benzene rings is 1. The second kappa shape index (κ2) is 16.1. The highest BCUT2D eigenvalue weighted by Gasteiger charge is 2.29. The summed E-state index contributed by atoms with van der Waals surface area (Å²) in [5.41, 5.74) is 8.98. The van der Waals surface area contributed by atoms with Crippen LogP contribution in [0, 0.1) is 5.92 Å². The summed E-state index contributed by atoms with van der Waals surface area (Å²) in [4.78, 5) is 48.7. The Morgan fingerprint density at radius 2 is 1.81 bits per heavy atom. The van der Waals surface area contributed by atoms with Crippen molar-refractivity contribution in [2.24, 2.45) is 11.7 Å². The highest BCUT2D eigenvalue weighted by molar-refractivity contribution is 5.78. The van der Waals surface area contributed by atoms with Crippen molar-refractivity contribution >= 4 is 29.6 Å². The lowest BCUT2D eigenvalue weighted by molar-refractivity contribution is -0.147. The van der Waals surface area contributed by atoms with Crippen molar-refractivity contribution in [2.45, 2.75) is 64.2 Å². The first-order valence-electron chi connectivity index (χ1n) is 16.6. The number of esters is 2. The van der Waals surface area contributed by atoms with Crippen LogP contribution < -0.4 is 16.4 Å². The Labute approximate surface area is 277 Å². The van der Waals surface area contributed by atoms with Gasteiger partial charge >= 0.3 is 11.9 Å². The molecule has 11 heteroatoms. The van der Waals surface area contributed by atoms with Gasteiger partial charge in [0.15, 0.2) is 0 Å². The number of carbonyl (C=O) groups is 3. The Morgan fingerprint density at radius 1 is 1.06 bits per heavy atom. The molecular formula is C36H48N6O5. The van der Waals surface area contributed by atoms with Crippen molar-refractivity contribution in [1.29, 1.82) is 0 Å². The van der Waals surface area contributed by atoms with Gasteiger partial charge in [0.1, 0.15) is 5.35 Å². The second-order valence-corrected chi connectivity index (χ2v) is 12.6. The lowest BCUT2D eigenvalue weighted by Crippen LogP contribution is -2.49. The Balaban J connectivity index is 1.29. The van der Waals surface area contributed by atoms with Crippen molar-refractivity contribution < 1.29 is 23.9 Å². The summed E-state index contributed by atoms with van der Waals surface area (Å²) in [6.07, 6.45) is 15.9. The number of allylic oxidation sites excluding steroid dienone is 2. The van der Waals surface area contributed by atoms with Crippen LogP contribution in [0.5, 0.6) is 0 Å². The van der Waals surface area contributed by atoms with Crippen LogP contribution in [0.15, 0.2) is 54.9 Å². The lowest BCUT2D eigenvalue weighted by Gasteiger charge is -2.37. The number of nitrogens with zero attached hydrogens (tertiary/aromatic N) is 5. The molecule has 5 rings (SSSR count). The number of ether oxygens (including phenoxy) is 2. The Bertz CT molecular complexity index is 1590. The zero-order chi connectivity index (χ0) is 33.3. The summed E-state index contributed by atoms with van der Waals surface area (Å²) >= 11 is 0. The molecule has 1 fully saturated rings. The molecule has 0 saturated carbocycles. The summed E-state index contributed by atoms with van der Waals surface area (Å²) in [6, 6.07) is 8.19. The Morgan fingerprint density at radius 3 is 2.51 bits per heavy atom. The predicted octanol–water partition coefficient (Wildman–Crippen LogP) is 1.34. The third-order valence-corrected chi connectivity index (χ3v) is 9.46. The van der Waals surface area contributed by atoms with Crippen molar-refractivity contribution in [2.75, 3.05) is 46.9 Å². The third-order valence-electron chi connectivity index (χ3n) is 9.46. The van der Waals surface area contributed by atoms with Crippen molar-refractivity contribution in [3.63, 3.8) is 0 Å². The largest absolute Gasteiger partial charge is 0.469 e. The number of hydrogen-bond donors (Lipinski definition) is 1. The molecule has 0 spiro atoms. The van der Waals surface area contributed by atoms with E-state index in [2.05, 4.69) is 51.8 Å². The molecule has 2 unspecified atom stereocenters. The van der Waals surface area contributed by atoms with Crippen molar-refractivity contribution in [1.82, 2.24) is 24.3 Å². The molecule has 3 aliphatic rings. The van der Waals surface area contributed by atoms with Gasteiger partial charge in [0.2, 0.25) is 5.91 Å². The molecule has 0 radical (unpaired) electrons. The number of amides is 1. The summed E-state index contributed by atoms with van der Waals surface area (Å²) < 4.78 is 11.9. The second-order valence-electron chi connectivity index (χ2n) is 12.6. The van der Waals surface area contributed by atoms with Crippen LogP contribution >= 0.6 is 0 Å². The van der Waals surface area contributed by atoms with Gasteiger partial charge in [-0.1, -0.05) is 48.6 Å². The molecule has 0 bridgehead atoms. The van der Waals surface area contributed by atoms with Crippen LogP contribution in [0.3, 0.4) is 0 Å². The number of nitrogens with two attached hydrogens (primary N) is 1. The van der Waals surface area contributed by atoms with E-state index in [1.807, 2.05) is 35.5 Å². The lowest BCUT2D eigenvalue weighted by atomic mass is 9.96. The monoisotopic (exact) mass is 644 g/mol. The molecule has 3 heterocycles. The van der Waals surface area contributed by atoms with Crippen LogP contribution in [-0.2, 0) is 43.4 Å². The van der Waals surface area contributed by atoms with Gasteiger partial charge in [-0.3, -0.25) is 19.3 Å². The summed E-state index contributed by atoms with van der Waals surface area (Å²) in [5, 5.41) is 2.08. The fourth-order valence-corrected chi connectivity index (χ4v) is 6.73. The van der Waals surface area contributed by atoms with E-state index >= 15 is 0 Å². The van der Waals surface area contributed by atoms with E-state index in [-0.39, 0.29) is 42.3 Å². The smallest absolute Gasteiger partial charge is 0.309 e. The van der Waals surface area contributed by atoms with Gasteiger partial charge in [-0.25, -0.2) is 4.98 Å². The minimum absolute atomic E-state index is 0.0560. The van der Waals surface area contributed by atoms with Gasteiger partial charge in [-0.2, -0.15) is 0 Å². The normalized spacial score (nSPS) is 18.3. The molecule has 2 atom stereocenters. The Hall–Kier alpha value is -4.22. The zero-order valence-electron chi connectivity index (χ0n) is 27.8. The average Bonchev–Trinajstić information content (AvgIpc) is 3.51. The first-order valence-corrected chi connectivity index (χ1v) is 16.6. The number of rotatable bonds is 14. The molecule has 2 aromatic rings. The number of hydrogen-bond acceptors (Lipinski definition) is 9. The van der Waals surface area contributed by atoms with Gasteiger partial charge in [0, 0.05) is 37.4 Å². The number of aryl methyl sites for hydroxylation is 1. The fourth-order valence-electron chi connectivity index (χ4n) is 6.73. The molecule has 252 valence electrons. The standard InChI is InChI=1S/C36H48N6O5/c1-26(13-16-37)42-23-31-35(30-7-4-5-8-32(30)42)41(25-38-31)18-6-17-40(22-28-11-9-27(10-12-28)21-34(44)46-2)33(43)24-39-19-14-29(15-20-39)36(45)47-3/h4-5,7-12,23,25-26,29,32H,6,13-22,24,37H2,1-3H3. The van der Waals surface area contributed by atoms with Crippen LogP contribution in [0.1, 0.15) is 43.7 Å². The van der Waals surface area contributed by atoms with E-state index in [0.29, 0.717) is 58.7 Å². The van der Waals surface area contributed by atoms with E-state index in [1.165, 1.54) is 19.8 Å². The third kappa shape index (κ3) is 8.39. The maximum atomic E-state index is 13.8. The zero-order valence-corrected chi connectivity index (χ0v) is 27.8. The summed E-state index contributed by atoms with van der Waals surface area (Å²) in [6.45, 7) is 6.26. The number of aromatic nitrogens is 2. The van der Waals surface area contributed by atoms with Gasteiger partial charge in [0.25, 0.3) is 0 Å². The minimum Gasteiger partial charge on any atom is -0.469 e. The molecule has 2 aliphatic heterocycles. The number of carbonyl (C=O) groups excluding carboxylic acids is 3. The van der Waals surface area contributed by atoms with Gasteiger partial charge in [-0.15, -0.1) is 0 Å². The van der Waals surface area contributed by atoms with Crippen LogP contribution in [0.25, 0.3) is 11.8 Å². The minimum atomic E-state index is -0.285. The first kappa shape index (κ1) is 34.1. The van der Waals surface area contributed by atoms with Gasteiger partial charge in [0.05, 0.1) is 50.8 Å². The maximum Gasteiger partial charge on any atom is 0.309 e. The van der Waals surface area contributed by atoms with Crippen LogP contribution in [0.4, 0.5) is 0 Å². The quantitative estimate of drug-likeness (QED) is 0.304. The molecule has 2 N–H and O–H groups in total.